The van der Waals surface area contributed by atoms with Crippen molar-refractivity contribution in [2.24, 2.45) is 5.92 Å². The Hall–Kier alpha value is -1.85. The van der Waals surface area contributed by atoms with E-state index in [9.17, 15) is 4.79 Å². The molecule has 2 aromatic rings. The Morgan fingerprint density at radius 2 is 2.04 bits per heavy atom. The minimum absolute atomic E-state index is 0.0592. The van der Waals surface area contributed by atoms with Gasteiger partial charge in [-0.05, 0) is 61.7 Å². The molecular formula is C18H21N3OS. The fourth-order valence-electron chi connectivity index (χ4n) is 3.68. The second kappa shape index (κ2) is 5.98. The quantitative estimate of drug-likeness (QED) is 0.852. The highest BCUT2D eigenvalue weighted by Gasteiger charge is 2.35. The number of thiophene rings is 1. The second-order valence-electron chi connectivity index (χ2n) is 6.51. The Bertz CT molecular complexity index is 719. The van der Waals surface area contributed by atoms with Crippen molar-refractivity contribution in [3.05, 3.63) is 41.3 Å². The molecule has 0 radical (unpaired) electrons. The second-order valence-corrected chi connectivity index (χ2v) is 7.59. The van der Waals surface area contributed by atoms with Crippen LogP contribution in [0.2, 0.25) is 0 Å². The third-order valence-corrected chi connectivity index (χ3v) is 6.11. The molecule has 120 valence electrons. The third kappa shape index (κ3) is 2.99. The molecule has 1 aromatic carbocycles. The predicted molar refractivity (Wildman–Crippen MR) is 94.6 cm³/mol. The first-order chi connectivity index (χ1) is 11.2. The molecule has 3 fully saturated rings. The molecular weight excluding hydrogens is 306 g/mol. The topological polar surface area (TPSA) is 58.4 Å². The van der Waals surface area contributed by atoms with E-state index < -0.39 is 0 Å². The van der Waals surface area contributed by atoms with Gasteiger partial charge >= 0.3 is 0 Å². The number of nitrogen functional groups attached to an aromatic ring is 1. The summed E-state index contributed by atoms with van der Waals surface area (Å²) in [4.78, 5) is 16.9. The Balaban J connectivity index is 1.47. The number of anilines is 1. The molecule has 3 aliphatic rings. The number of nitrogens with zero attached hydrogens (tertiary/aromatic N) is 1. The summed E-state index contributed by atoms with van der Waals surface area (Å²) >= 11 is 1.53. The number of benzene rings is 1. The minimum Gasteiger partial charge on any atom is -0.399 e. The van der Waals surface area contributed by atoms with Crippen LogP contribution >= 0.6 is 11.3 Å². The molecule has 3 saturated heterocycles. The number of piperidine rings is 3. The minimum atomic E-state index is 0.0592. The van der Waals surface area contributed by atoms with Gasteiger partial charge in [-0.15, -0.1) is 11.3 Å². The van der Waals surface area contributed by atoms with E-state index in [0.717, 1.165) is 27.5 Å². The van der Waals surface area contributed by atoms with Crippen LogP contribution in [-0.4, -0.2) is 36.5 Å². The average molecular weight is 327 g/mol. The first kappa shape index (κ1) is 14.7. The highest BCUT2D eigenvalue weighted by atomic mass is 32.1. The van der Waals surface area contributed by atoms with Crippen LogP contribution < -0.4 is 11.1 Å². The van der Waals surface area contributed by atoms with Crippen molar-refractivity contribution in [2.45, 2.75) is 18.9 Å². The zero-order chi connectivity index (χ0) is 15.8. The first-order valence-corrected chi connectivity index (χ1v) is 9.00. The van der Waals surface area contributed by atoms with E-state index in [1.165, 1.54) is 37.3 Å². The van der Waals surface area contributed by atoms with Crippen molar-refractivity contribution in [1.29, 1.82) is 0 Å². The predicted octanol–water partition coefficient (Wildman–Crippen LogP) is 2.82. The molecule has 2 bridgehead atoms. The smallest absolute Gasteiger partial charge is 0.261 e. The molecule has 0 spiro atoms. The van der Waals surface area contributed by atoms with Crippen LogP contribution in [0.15, 0.2) is 36.4 Å². The number of hydrogen-bond donors (Lipinski definition) is 2. The summed E-state index contributed by atoms with van der Waals surface area (Å²) in [6, 6.07) is 12.0. The number of carbonyl (C=O) groups excluding carboxylic acids is 1. The SMILES string of the molecule is Nc1cccc(-c2ccc(C(=O)NC3CN4CCC3CC4)s2)c1. The highest BCUT2D eigenvalue weighted by Crippen LogP contribution is 2.31. The Labute approximate surface area is 140 Å². The molecule has 1 amide bonds. The van der Waals surface area contributed by atoms with Crippen molar-refractivity contribution in [2.75, 3.05) is 25.4 Å². The van der Waals surface area contributed by atoms with Gasteiger partial charge in [0.1, 0.15) is 0 Å². The van der Waals surface area contributed by atoms with Crippen molar-refractivity contribution < 1.29 is 4.79 Å². The maximum Gasteiger partial charge on any atom is 0.261 e. The molecule has 4 heterocycles. The number of nitrogens with two attached hydrogens (primary N) is 1. The summed E-state index contributed by atoms with van der Waals surface area (Å²) in [6.07, 6.45) is 2.42. The van der Waals surface area contributed by atoms with Crippen LogP contribution in [0, 0.1) is 5.92 Å². The van der Waals surface area contributed by atoms with Gasteiger partial charge in [0.2, 0.25) is 0 Å². The summed E-state index contributed by atoms with van der Waals surface area (Å²) in [5.41, 5.74) is 7.65. The molecule has 4 nitrogen and oxygen atoms in total. The molecule has 1 unspecified atom stereocenters. The lowest BCUT2D eigenvalue weighted by Gasteiger charge is -2.44. The summed E-state index contributed by atoms with van der Waals surface area (Å²) < 4.78 is 0. The number of fused-ring (bicyclic) bond motifs is 3. The largest absolute Gasteiger partial charge is 0.399 e. The highest BCUT2D eigenvalue weighted by molar-refractivity contribution is 7.17. The number of hydrogen-bond acceptors (Lipinski definition) is 4. The maximum absolute atomic E-state index is 12.6. The van der Waals surface area contributed by atoms with Crippen molar-refractivity contribution >= 4 is 22.9 Å². The van der Waals surface area contributed by atoms with Crippen molar-refractivity contribution in [3.63, 3.8) is 0 Å². The average Bonchev–Trinajstić information content (AvgIpc) is 3.06. The van der Waals surface area contributed by atoms with Gasteiger partial charge in [-0.3, -0.25) is 4.79 Å². The van der Waals surface area contributed by atoms with E-state index in [2.05, 4.69) is 10.2 Å². The number of rotatable bonds is 3. The lowest BCUT2D eigenvalue weighted by atomic mass is 9.84. The monoisotopic (exact) mass is 327 g/mol. The Morgan fingerprint density at radius 1 is 1.22 bits per heavy atom. The maximum atomic E-state index is 12.6. The fourth-order valence-corrected chi connectivity index (χ4v) is 4.58. The normalized spacial score (nSPS) is 26.2. The van der Waals surface area contributed by atoms with Gasteiger partial charge < -0.3 is 16.0 Å². The van der Waals surface area contributed by atoms with Gasteiger partial charge in [-0.1, -0.05) is 12.1 Å². The molecule has 0 aliphatic carbocycles. The molecule has 5 heteroatoms. The molecule has 0 saturated carbocycles. The lowest BCUT2D eigenvalue weighted by Crippen LogP contribution is -2.57. The van der Waals surface area contributed by atoms with E-state index >= 15 is 0 Å². The fraction of sp³-hybridized carbons (Fsp3) is 0.389. The standard InChI is InChI=1S/C18H21N3OS/c19-14-3-1-2-13(10-14)16-4-5-17(23-16)18(22)20-15-11-21-8-6-12(15)7-9-21/h1-5,10,12,15H,6-9,11,19H2,(H,20,22). The van der Waals surface area contributed by atoms with Crippen molar-refractivity contribution in [1.82, 2.24) is 10.2 Å². The van der Waals surface area contributed by atoms with E-state index in [4.69, 9.17) is 5.73 Å². The lowest BCUT2D eigenvalue weighted by molar-refractivity contribution is 0.0622. The molecule has 5 rings (SSSR count). The van der Waals surface area contributed by atoms with Gasteiger partial charge in [0.05, 0.1) is 4.88 Å². The van der Waals surface area contributed by atoms with Crippen LogP contribution in [0.25, 0.3) is 10.4 Å². The van der Waals surface area contributed by atoms with Crippen LogP contribution in [0.5, 0.6) is 0 Å². The molecule has 3 aliphatic heterocycles. The number of amides is 1. The summed E-state index contributed by atoms with van der Waals surface area (Å²) in [6.45, 7) is 3.38. The third-order valence-electron chi connectivity index (χ3n) is 4.97. The van der Waals surface area contributed by atoms with Gasteiger partial charge in [-0.2, -0.15) is 0 Å². The van der Waals surface area contributed by atoms with Gasteiger partial charge in [0.25, 0.3) is 5.91 Å². The van der Waals surface area contributed by atoms with E-state index in [0.29, 0.717) is 12.0 Å². The van der Waals surface area contributed by atoms with Gasteiger partial charge in [0, 0.05) is 23.2 Å². The van der Waals surface area contributed by atoms with Crippen LogP contribution in [-0.2, 0) is 0 Å². The van der Waals surface area contributed by atoms with Crippen LogP contribution in [0.1, 0.15) is 22.5 Å². The first-order valence-electron chi connectivity index (χ1n) is 8.18. The number of carbonyl (C=O) groups is 1. The zero-order valence-electron chi connectivity index (χ0n) is 13.0. The zero-order valence-corrected chi connectivity index (χ0v) is 13.8. The summed E-state index contributed by atoms with van der Waals surface area (Å²) in [7, 11) is 0. The van der Waals surface area contributed by atoms with E-state index in [-0.39, 0.29) is 5.91 Å². The van der Waals surface area contributed by atoms with Crippen LogP contribution in [0.4, 0.5) is 5.69 Å². The molecule has 1 aromatic heterocycles. The molecule has 1 atom stereocenters. The molecule has 3 N–H and O–H groups in total. The summed E-state index contributed by atoms with van der Waals surface area (Å²) in [5, 5.41) is 3.25. The van der Waals surface area contributed by atoms with Crippen LogP contribution in [0.3, 0.4) is 0 Å². The number of nitrogens with one attached hydrogen (secondary N) is 1. The van der Waals surface area contributed by atoms with Gasteiger partial charge in [0.15, 0.2) is 0 Å². The Morgan fingerprint density at radius 3 is 2.74 bits per heavy atom. The summed E-state index contributed by atoms with van der Waals surface area (Å²) in [5.74, 6) is 0.709. The Kier molecular flexibility index (Phi) is 3.83. The van der Waals surface area contributed by atoms with E-state index in [1.807, 2.05) is 36.4 Å². The van der Waals surface area contributed by atoms with E-state index in [1.54, 1.807) is 0 Å². The van der Waals surface area contributed by atoms with Crippen molar-refractivity contribution in [3.8, 4) is 10.4 Å². The van der Waals surface area contributed by atoms with Gasteiger partial charge in [-0.25, -0.2) is 0 Å². The molecule has 23 heavy (non-hydrogen) atoms.